The van der Waals surface area contributed by atoms with Gasteiger partial charge in [0.25, 0.3) is 0 Å². The summed E-state index contributed by atoms with van der Waals surface area (Å²) in [5, 5.41) is 11.7. The summed E-state index contributed by atoms with van der Waals surface area (Å²) >= 11 is 0. The van der Waals surface area contributed by atoms with Crippen molar-refractivity contribution in [2.45, 2.75) is 20.2 Å². The van der Waals surface area contributed by atoms with Crippen LogP contribution in [0.1, 0.15) is 13.8 Å². The number of halogens is 3. The highest BCUT2D eigenvalue weighted by atomic mass is 19.4. The number of carbonyl (C=O) groups excluding carboxylic acids is 1. The van der Waals surface area contributed by atoms with Crippen LogP contribution in [0.5, 0.6) is 0 Å². The second kappa shape index (κ2) is 7.59. The van der Waals surface area contributed by atoms with E-state index in [-0.39, 0.29) is 0 Å². The van der Waals surface area contributed by atoms with Crippen LogP contribution in [0.3, 0.4) is 0 Å². The second-order valence-corrected chi connectivity index (χ2v) is 3.70. The van der Waals surface area contributed by atoms with Crippen molar-refractivity contribution < 1.29 is 27.7 Å². The zero-order valence-electron chi connectivity index (χ0n) is 11.1. The molecule has 0 aliphatic carbocycles. The van der Waals surface area contributed by atoms with Gasteiger partial charge in [0.05, 0.1) is 5.57 Å². The Balaban J connectivity index is 4.82. The number of alkyl halides is 3. The molecular weight excluding hydrogens is 274 g/mol. The van der Waals surface area contributed by atoms with Gasteiger partial charge < -0.3 is 15.0 Å². The smallest absolute Gasteiger partial charge is 0.429 e. The van der Waals surface area contributed by atoms with Crippen LogP contribution in [0.25, 0.3) is 0 Å². The van der Waals surface area contributed by atoms with Gasteiger partial charge >= 0.3 is 13.4 Å². The Labute approximate surface area is 115 Å². The van der Waals surface area contributed by atoms with Gasteiger partial charge in [-0.05, 0) is 19.9 Å². The topological polar surface area (TPSA) is 58.6 Å². The highest BCUT2D eigenvalue weighted by Crippen LogP contribution is 2.24. The molecule has 0 saturated heterocycles. The number of hydrogen-bond donors (Lipinski definition) is 2. The Morgan fingerprint density at radius 1 is 1.45 bits per heavy atom. The Bertz CT molecular complexity index is 455. The summed E-state index contributed by atoms with van der Waals surface area (Å²) < 4.78 is 40.0. The minimum Gasteiger partial charge on any atom is -0.429 e. The van der Waals surface area contributed by atoms with Crippen LogP contribution in [-0.2, 0) is 9.53 Å². The molecule has 4 nitrogen and oxygen atoms in total. The molecule has 0 radical (unpaired) electrons. The molecule has 0 aliphatic heterocycles. The molecule has 1 amide bonds. The SMILES string of the molecule is C=C/C=C(\C)B(O)NC(=O)C(=C)/C(=C\C)OC(F)(F)F. The van der Waals surface area contributed by atoms with Crippen LogP contribution in [0, 0.1) is 0 Å². The van der Waals surface area contributed by atoms with Gasteiger partial charge in [-0.2, -0.15) is 0 Å². The minimum absolute atomic E-state index is 0.361. The highest BCUT2D eigenvalue weighted by molar-refractivity contribution is 6.59. The first-order valence-electron chi connectivity index (χ1n) is 5.51. The van der Waals surface area contributed by atoms with Gasteiger partial charge in [-0.3, -0.25) is 4.79 Å². The van der Waals surface area contributed by atoms with Gasteiger partial charge in [0.1, 0.15) is 5.76 Å². The molecule has 8 heteroatoms. The standard InChI is InChI=1S/C12H15BF3NO3/c1-5-7-8(3)13(19)17-11(18)9(4)10(6-2)20-12(14,15)16/h5-7,19H,1,4H2,2-3H3,(H,17,18)/b8-7+,10-6+. The lowest BCUT2D eigenvalue weighted by molar-refractivity contribution is -0.303. The Morgan fingerprint density at radius 3 is 2.40 bits per heavy atom. The number of nitrogens with one attached hydrogen (secondary N) is 1. The molecule has 0 bridgehead atoms. The van der Waals surface area contributed by atoms with Gasteiger partial charge in [-0.25, -0.2) is 0 Å². The number of amides is 1. The molecule has 0 spiro atoms. The predicted octanol–water partition coefficient (Wildman–Crippen LogP) is 2.25. The fourth-order valence-electron chi connectivity index (χ4n) is 1.13. The van der Waals surface area contributed by atoms with Crippen molar-refractivity contribution in [3.05, 3.63) is 48.2 Å². The molecule has 110 valence electrons. The van der Waals surface area contributed by atoms with E-state index < -0.39 is 30.7 Å². The summed E-state index contributed by atoms with van der Waals surface area (Å²) in [6.45, 7) is 9.39. The average Bonchev–Trinajstić information content (AvgIpc) is 2.34. The third-order valence-electron chi connectivity index (χ3n) is 2.14. The number of hydrogen-bond acceptors (Lipinski definition) is 3. The maximum absolute atomic E-state index is 12.1. The lowest BCUT2D eigenvalue weighted by Crippen LogP contribution is -2.41. The van der Waals surface area contributed by atoms with Gasteiger partial charge in [-0.15, -0.1) is 13.2 Å². The van der Waals surface area contributed by atoms with Gasteiger partial charge in [0.2, 0.25) is 5.91 Å². The van der Waals surface area contributed by atoms with Gasteiger partial charge in [-0.1, -0.05) is 30.8 Å². The van der Waals surface area contributed by atoms with E-state index in [0.29, 0.717) is 5.47 Å². The molecule has 0 aliphatic rings. The van der Waals surface area contributed by atoms with Crippen molar-refractivity contribution in [1.82, 2.24) is 5.23 Å². The Morgan fingerprint density at radius 2 is 2.00 bits per heavy atom. The second-order valence-electron chi connectivity index (χ2n) is 3.70. The summed E-state index contributed by atoms with van der Waals surface area (Å²) in [7, 11) is -1.36. The van der Waals surface area contributed by atoms with E-state index in [2.05, 4.69) is 23.1 Å². The minimum atomic E-state index is -4.93. The van der Waals surface area contributed by atoms with Crippen LogP contribution in [0.15, 0.2) is 48.2 Å². The first kappa shape index (κ1) is 18.0. The molecular formula is C12H15BF3NO3. The lowest BCUT2D eigenvalue weighted by Gasteiger charge is -2.15. The third-order valence-corrected chi connectivity index (χ3v) is 2.14. The molecule has 20 heavy (non-hydrogen) atoms. The van der Waals surface area contributed by atoms with Crippen molar-refractivity contribution in [3.8, 4) is 0 Å². The van der Waals surface area contributed by atoms with E-state index in [9.17, 15) is 23.0 Å². The molecule has 0 heterocycles. The fraction of sp³-hybridized carbons (Fsp3) is 0.250. The molecule has 0 aromatic rings. The number of carbonyl (C=O) groups is 1. The van der Waals surface area contributed by atoms with E-state index in [1.807, 2.05) is 0 Å². The van der Waals surface area contributed by atoms with Gasteiger partial charge in [0.15, 0.2) is 0 Å². The Kier molecular flexibility index (Phi) is 6.85. The maximum Gasteiger partial charge on any atom is 0.573 e. The first-order valence-corrected chi connectivity index (χ1v) is 5.51. The zero-order chi connectivity index (χ0) is 15.9. The summed E-state index contributed by atoms with van der Waals surface area (Å²) in [4.78, 5) is 11.6. The van der Waals surface area contributed by atoms with E-state index >= 15 is 0 Å². The van der Waals surface area contributed by atoms with Crippen LogP contribution < -0.4 is 5.23 Å². The highest BCUT2D eigenvalue weighted by Gasteiger charge is 2.34. The van der Waals surface area contributed by atoms with Crippen LogP contribution in [0.2, 0.25) is 0 Å². The molecule has 0 aromatic heterocycles. The van der Waals surface area contributed by atoms with Crippen molar-refractivity contribution in [2.24, 2.45) is 0 Å². The van der Waals surface area contributed by atoms with Crippen LogP contribution >= 0.6 is 0 Å². The number of ether oxygens (including phenoxy) is 1. The van der Waals surface area contributed by atoms with Crippen LogP contribution in [0.4, 0.5) is 13.2 Å². The molecule has 0 atom stereocenters. The van der Waals surface area contributed by atoms with E-state index in [0.717, 1.165) is 6.08 Å². The first-order chi connectivity index (χ1) is 9.12. The van der Waals surface area contributed by atoms with E-state index in [1.54, 1.807) is 0 Å². The normalized spacial score (nSPS) is 12.7. The molecule has 2 N–H and O–H groups in total. The lowest BCUT2D eigenvalue weighted by atomic mass is 9.74. The summed E-state index contributed by atoms with van der Waals surface area (Å²) in [6, 6.07) is 0. The van der Waals surface area contributed by atoms with E-state index in [1.165, 1.54) is 26.0 Å². The average molecular weight is 289 g/mol. The molecule has 0 fully saturated rings. The van der Waals surface area contributed by atoms with Crippen molar-refractivity contribution in [2.75, 3.05) is 0 Å². The number of rotatable bonds is 6. The van der Waals surface area contributed by atoms with Gasteiger partial charge in [0, 0.05) is 0 Å². The third kappa shape index (κ3) is 6.28. The molecule has 0 unspecified atom stereocenters. The van der Waals surface area contributed by atoms with Crippen molar-refractivity contribution in [1.29, 1.82) is 0 Å². The molecule has 0 aromatic carbocycles. The Hall–Kier alpha value is -1.96. The monoisotopic (exact) mass is 289 g/mol. The fourth-order valence-corrected chi connectivity index (χ4v) is 1.13. The summed E-state index contributed by atoms with van der Waals surface area (Å²) in [6.07, 6.45) is -1.14. The largest absolute Gasteiger partial charge is 0.573 e. The van der Waals surface area contributed by atoms with Crippen molar-refractivity contribution in [3.63, 3.8) is 0 Å². The molecule has 0 rings (SSSR count). The predicted molar refractivity (Wildman–Crippen MR) is 70.1 cm³/mol. The maximum atomic E-state index is 12.1. The summed E-state index contributed by atoms with van der Waals surface area (Å²) in [5.41, 5.74) is -0.185. The quantitative estimate of drug-likeness (QED) is 0.341. The zero-order valence-corrected chi connectivity index (χ0v) is 11.1. The van der Waals surface area contributed by atoms with Crippen molar-refractivity contribution >= 4 is 13.0 Å². The van der Waals surface area contributed by atoms with Crippen LogP contribution in [-0.4, -0.2) is 24.3 Å². The summed E-state index contributed by atoms with van der Waals surface area (Å²) in [5.74, 6) is -1.71. The molecule has 0 saturated carbocycles. The number of allylic oxidation sites excluding steroid dienone is 4. The van der Waals surface area contributed by atoms with E-state index in [4.69, 9.17) is 0 Å².